The molecule has 0 aromatic heterocycles. The van der Waals surface area contributed by atoms with E-state index in [4.69, 9.17) is 4.74 Å². The number of carbonyl (C=O) groups is 1. The van der Waals surface area contributed by atoms with Gasteiger partial charge in [-0.1, -0.05) is 44.2 Å². The van der Waals surface area contributed by atoms with Crippen molar-refractivity contribution >= 4 is 5.97 Å². The molecule has 0 bridgehead atoms. The second-order valence-corrected chi connectivity index (χ2v) is 5.24. The molecule has 1 N–H and O–H groups in total. The fraction of sp³-hybridized carbons (Fsp3) is 0.562. The molecular weight excluding hydrogens is 240 g/mol. The van der Waals surface area contributed by atoms with Crippen molar-refractivity contribution in [3.8, 4) is 0 Å². The molecule has 0 saturated carbocycles. The van der Waals surface area contributed by atoms with E-state index in [0.717, 1.165) is 12.0 Å². The van der Waals surface area contributed by atoms with Crippen molar-refractivity contribution in [1.82, 2.24) is 0 Å². The van der Waals surface area contributed by atoms with Crippen molar-refractivity contribution in [3.63, 3.8) is 0 Å². The first-order valence-corrected chi connectivity index (χ1v) is 6.94. The minimum Gasteiger partial charge on any atom is -0.466 e. The van der Waals surface area contributed by atoms with Crippen LogP contribution in [0.1, 0.15) is 45.3 Å². The van der Waals surface area contributed by atoms with E-state index >= 15 is 0 Å². The summed E-state index contributed by atoms with van der Waals surface area (Å²) in [6.45, 7) is 6.33. The lowest BCUT2D eigenvalue weighted by Crippen LogP contribution is -2.22. The standard InChI is InChI=1S/C16H24O3/c1-4-19-16(18)14(10-12(2)3)11-15(17)13-8-6-5-7-9-13/h5-9,12,14-15,17H,4,10-11H2,1-3H3/t14-,15-/m0/s1. The van der Waals surface area contributed by atoms with E-state index in [1.54, 1.807) is 6.92 Å². The molecule has 0 saturated heterocycles. The van der Waals surface area contributed by atoms with Gasteiger partial charge in [0.25, 0.3) is 0 Å². The van der Waals surface area contributed by atoms with Crippen LogP contribution in [0, 0.1) is 11.8 Å². The van der Waals surface area contributed by atoms with Gasteiger partial charge >= 0.3 is 5.97 Å². The Morgan fingerprint density at radius 3 is 2.37 bits per heavy atom. The van der Waals surface area contributed by atoms with Crippen LogP contribution in [0.5, 0.6) is 0 Å². The van der Waals surface area contributed by atoms with Gasteiger partial charge in [0.1, 0.15) is 0 Å². The number of benzene rings is 1. The predicted molar refractivity (Wildman–Crippen MR) is 75.6 cm³/mol. The van der Waals surface area contributed by atoms with E-state index < -0.39 is 6.10 Å². The molecule has 0 fully saturated rings. The molecule has 0 aliphatic carbocycles. The second-order valence-electron chi connectivity index (χ2n) is 5.24. The summed E-state index contributed by atoms with van der Waals surface area (Å²) in [6.07, 6.45) is 0.540. The maximum Gasteiger partial charge on any atom is 0.309 e. The zero-order valence-electron chi connectivity index (χ0n) is 12.0. The molecule has 1 rings (SSSR count). The first-order chi connectivity index (χ1) is 9.04. The number of esters is 1. The highest BCUT2D eigenvalue weighted by molar-refractivity contribution is 5.72. The van der Waals surface area contributed by atoms with E-state index in [1.165, 1.54) is 0 Å². The first kappa shape index (κ1) is 15.7. The van der Waals surface area contributed by atoms with E-state index in [-0.39, 0.29) is 11.9 Å². The van der Waals surface area contributed by atoms with E-state index in [0.29, 0.717) is 18.9 Å². The third kappa shape index (κ3) is 5.43. The van der Waals surface area contributed by atoms with Gasteiger partial charge in [-0.25, -0.2) is 0 Å². The fourth-order valence-corrected chi connectivity index (χ4v) is 2.20. The maximum absolute atomic E-state index is 11.9. The molecule has 3 heteroatoms. The number of aliphatic hydroxyl groups excluding tert-OH is 1. The second kappa shape index (κ2) is 7.95. The van der Waals surface area contributed by atoms with Crippen LogP contribution in [0.4, 0.5) is 0 Å². The van der Waals surface area contributed by atoms with Crippen molar-refractivity contribution in [2.45, 2.75) is 39.7 Å². The van der Waals surface area contributed by atoms with Gasteiger partial charge in [0.05, 0.1) is 18.6 Å². The Kier molecular flexibility index (Phi) is 6.57. The molecule has 0 aliphatic rings. The molecule has 19 heavy (non-hydrogen) atoms. The number of rotatable bonds is 7. The van der Waals surface area contributed by atoms with Gasteiger partial charge in [-0.15, -0.1) is 0 Å². The van der Waals surface area contributed by atoms with E-state index in [1.807, 2.05) is 30.3 Å². The average molecular weight is 264 g/mol. The third-order valence-electron chi connectivity index (χ3n) is 3.07. The van der Waals surface area contributed by atoms with Crippen LogP contribution in [0.25, 0.3) is 0 Å². The summed E-state index contributed by atoms with van der Waals surface area (Å²) in [6, 6.07) is 9.44. The Hall–Kier alpha value is -1.35. The van der Waals surface area contributed by atoms with Gasteiger partial charge in [-0.05, 0) is 31.2 Å². The summed E-state index contributed by atoms with van der Waals surface area (Å²) in [5.41, 5.74) is 0.848. The molecule has 0 heterocycles. The molecule has 0 spiro atoms. The summed E-state index contributed by atoms with van der Waals surface area (Å²) in [5.74, 6) is -0.0429. The maximum atomic E-state index is 11.9. The molecule has 0 radical (unpaired) electrons. The van der Waals surface area contributed by atoms with E-state index in [9.17, 15) is 9.90 Å². The zero-order valence-corrected chi connectivity index (χ0v) is 12.0. The predicted octanol–water partition coefficient (Wildman–Crippen LogP) is 3.34. The zero-order chi connectivity index (χ0) is 14.3. The number of carbonyl (C=O) groups excluding carboxylic acids is 1. The fourth-order valence-electron chi connectivity index (χ4n) is 2.20. The van der Waals surface area contributed by atoms with Gasteiger partial charge in [-0.3, -0.25) is 4.79 Å². The van der Waals surface area contributed by atoms with Crippen LogP contribution in [-0.4, -0.2) is 17.7 Å². The Morgan fingerprint density at radius 2 is 1.84 bits per heavy atom. The van der Waals surface area contributed by atoms with Gasteiger partial charge in [-0.2, -0.15) is 0 Å². The van der Waals surface area contributed by atoms with Crippen molar-refractivity contribution < 1.29 is 14.6 Å². The van der Waals surface area contributed by atoms with Gasteiger partial charge < -0.3 is 9.84 Å². The molecule has 0 amide bonds. The van der Waals surface area contributed by atoms with E-state index in [2.05, 4.69) is 13.8 Å². The molecule has 0 aliphatic heterocycles. The lowest BCUT2D eigenvalue weighted by molar-refractivity contribution is -0.149. The Morgan fingerprint density at radius 1 is 1.21 bits per heavy atom. The smallest absolute Gasteiger partial charge is 0.309 e. The summed E-state index contributed by atoms with van der Waals surface area (Å²) in [5, 5.41) is 10.2. The normalized spacial score (nSPS) is 14.2. The molecule has 3 nitrogen and oxygen atoms in total. The first-order valence-electron chi connectivity index (χ1n) is 6.94. The number of ether oxygens (including phenoxy) is 1. The highest BCUT2D eigenvalue weighted by Crippen LogP contribution is 2.26. The van der Waals surface area contributed by atoms with Gasteiger partial charge in [0.15, 0.2) is 0 Å². The number of hydrogen-bond acceptors (Lipinski definition) is 3. The minimum absolute atomic E-state index is 0.203. The molecule has 106 valence electrons. The third-order valence-corrected chi connectivity index (χ3v) is 3.07. The van der Waals surface area contributed by atoms with Crippen molar-refractivity contribution in [1.29, 1.82) is 0 Å². The average Bonchev–Trinajstić information content (AvgIpc) is 2.38. The van der Waals surface area contributed by atoms with Gasteiger partial charge in [0.2, 0.25) is 0 Å². The quantitative estimate of drug-likeness (QED) is 0.768. The van der Waals surface area contributed by atoms with Crippen LogP contribution in [-0.2, 0) is 9.53 Å². The highest BCUT2D eigenvalue weighted by atomic mass is 16.5. The molecule has 2 atom stereocenters. The van der Waals surface area contributed by atoms with Gasteiger partial charge in [0, 0.05) is 0 Å². The number of hydrogen-bond donors (Lipinski definition) is 1. The molecule has 1 aromatic rings. The highest BCUT2D eigenvalue weighted by Gasteiger charge is 2.24. The van der Waals surface area contributed by atoms with Crippen LogP contribution in [0.3, 0.4) is 0 Å². The Bertz CT molecular complexity index is 373. The molecule has 0 unspecified atom stereocenters. The lowest BCUT2D eigenvalue weighted by atomic mass is 9.90. The van der Waals surface area contributed by atoms with Crippen LogP contribution in [0.15, 0.2) is 30.3 Å². The Labute approximate surface area is 115 Å². The lowest BCUT2D eigenvalue weighted by Gasteiger charge is -2.20. The largest absolute Gasteiger partial charge is 0.466 e. The van der Waals surface area contributed by atoms with Crippen molar-refractivity contribution in [3.05, 3.63) is 35.9 Å². The van der Waals surface area contributed by atoms with Crippen LogP contribution in [0.2, 0.25) is 0 Å². The van der Waals surface area contributed by atoms with Crippen LogP contribution >= 0.6 is 0 Å². The monoisotopic (exact) mass is 264 g/mol. The SMILES string of the molecule is CCOC(=O)[C@@H](CC(C)C)C[C@H](O)c1ccccc1. The topological polar surface area (TPSA) is 46.5 Å². The summed E-state index contributed by atoms with van der Waals surface area (Å²) in [4.78, 5) is 11.9. The molecule has 1 aromatic carbocycles. The summed E-state index contributed by atoms with van der Waals surface area (Å²) in [7, 11) is 0. The van der Waals surface area contributed by atoms with Crippen LogP contribution < -0.4 is 0 Å². The van der Waals surface area contributed by atoms with Crippen molar-refractivity contribution in [2.75, 3.05) is 6.61 Å². The molecular formula is C16H24O3. The number of aliphatic hydroxyl groups is 1. The summed E-state index contributed by atoms with van der Waals surface area (Å²) < 4.78 is 5.09. The minimum atomic E-state index is -0.616. The Balaban J connectivity index is 2.68. The van der Waals surface area contributed by atoms with Crippen molar-refractivity contribution in [2.24, 2.45) is 11.8 Å². The summed E-state index contributed by atoms with van der Waals surface area (Å²) >= 11 is 0.